The van der Waals surface area contributed by atoms with E-state index in [-0.39, 0.29) is 0 Å². The summed E-state index contributed by atoms with van der Waals surface area (Å²) in [5.41, 5.74) is 5.07. The second kappa shape index (κ2) is 3.05. The lowest BCUT2D eigenvalue weighted by Crippen LogP contribution is -2.24. The molecule has 0 saturated carbocycles. The first-order valence-corrected chi connectivity index (χ1v) is 4.75. The minimum atomic E-state index is 0.639. The number of anilines is 1. The van der Waals surface area contributed by atoms with Gasteiger partial charge in [0.1, 0.15) is 6.61 Å². The molecule has 0 atom stereocenters. The van der Waals surface area contributed by atoms with Crippen molar-refractivity contribution in [2.75, 3.05) is 11.9 Å². The SMILES string of the molecule is C=C1OCc2cc(C)c(C)cc2N1C. The van der Waals surface area contributed by atoms with Crippen LogP contribution in [0.2, 0.25) is 0 Å². The van der Waals surface area contributed by atoms with Gasteiger partial charge in [0.15, 0.2) is 5.88 Å². The Morgan fingerprint density at radius 2 is 1.93 bits per heavy atom. The molecule has 2 heteroatoms. The summed E-state index contributed by atoms with van der Waals surface area (Å²) in [6.07, 6.45) is 0. The van der Waals surface area contributed by atoms with E-state index < -0.39 is 0 Å². The van der Waals surface area contributed by atoms with Crippen LogP contribution in [0, 0.1) is 13.8 Å². The van der Waals surface area contributed by atoms with Crippen LogP contribution in [0.3, 0.4) is 0 Å². The van der Waals surface area contributed by atoms with Crippen molar-refractivity contribution in [2.24, 2.45) is 0 Å². The van der Waals surface area contributed by atoms with E-state index in [0.29, 0.717) is 6.61 Å². The number of rotatable bonds is 0. The molecule has 0 unspecified atom stereocenters. The third-order valence-electron chi connectivity index (χ3n) is 2.82. The number of ether oxygens (including phenoxy) is 1. The van der Waals surface area contributed by atoms with Gasteiger partial charge in [-0.3, -0.25) is 0 Å². The molecule has 0 N–H and O–H groups in total. The molecule has 0 radical (unpaired) electrons. The zero-order valence-electron chi connectivity index (χ0n) is 8.92. The highest BCUT2D eigenvalue weighted by Gasteiger charge is 2.18. The first-order valence-electron chi connectivity index (χ1n) is 4.75. The van der Waals surface area contributed by atoms with E-state index in [0.717, 1.165) is 5.88 Å². The summed E-state index contributed by atoms with van der Waals surface area (Å²) in [5, 5.41) is 0. The molecule has 0 amide bonds. The minimum Gasteiger partial charge on any atom is -0.474 e. The van der Waals surface area contributed by atoms with E-state index in [1.54, 1.807) is 0 Å². The second-order valence-corrected chi connectivity index (χ2v) is 3.81. The van der Waals surface area contributed by atoms with Gasteiger partial charge in [0.25, 0.3) is 0 Å². The van der Waals surface area contributed by atoms with Gasteiger partial charge in [-0.25, -0.2) is 0 Å². The van der Waals surface area contributed by atoms with Gasteiger partial charge in [-0.15, -0.1) is 0 Å². The Morgan fingerprint density at radius 3 is 2.64 bits per heavy atom. The van der Waals surface area contributed by atoms with E-state index in [1.807, 2.05) is 11.9 Å². The zero-order valence-corrected chi connectivity index (χ0v) is 8.92. The molecule has 2 nitrogen and oxygen atoms in total. The zero-order chi connectivity index (χ0) is 10.3. The largest absolute Gasteiger partial charge is 0.474 e. The number of aryl methyl sites for hydroxylation is 2. The molecule has 1 aromatic carbocycles. The Bertz CT molecular complexity index is 396. The smallest absolute Gasteiger partial charge is 0.186 e. The maximum atomic E-state index is 5.44. The average Bonchev–Trinajstić information content (AvgIpc) is 2.15. The van der Waals surface area contributed by atoms with Gasteiger partial charge < -0.3 is 9.64 Å². The van der Waals surface area contributed by atoms with E-state index in [4.69, 9.17) is 4.74 Å². The van der Waals surface area contributed by atoms with Crippen LogP contribution < -0.4 is 4.90 Å². The highest BCUT2D eigenvalue weighted by molar-refractivity contribution is 5.60. The normalized spacial score (nSPS) is 15.1. The van der Waals surface area contributed by atoms with Crippen molar-refractivity contribution < 1.29 is 4.74 Å². The molecule has 0 spiro atoms. The van der Waals surface area contributed by atoms with Crippen LogP contribution >= 0.6 is 0 Å². The summed E-state index contributed by atoms with van der Waals surface area (Å²) in [5.74, 6) is 0.723. The van der Waals surface area contributed by atoms with Crippen LogP contribution in [-0.4, -0.2) is 7.05 Å². The molecule has 1 heterocycles. The molecule has 0 saturated heterocycles. The quantitative estimate of drug-likeness (QED) is 0.622. The Hall–Kier alpha value is -1.44. The van der Waals surface area contributed by atoms with Gasteiger partial charge in [-0.05, 0) is 37.6 Å². The predicted octanol–water partition coefficient (Wildman–Crippen LogP) is 2.74. The second-order valence-electron chi connectivity index (χ2n) is 3.81. The van der Waals surface area contributed by atoms with Crippen LogP contribution in [-0.2, 0) is 11.3 Å². The van der Waals surface area contributed by atoms with Gasteiger partial charge in [0.05, 0.1) is 5.69 Å². The van der Waals surface area contributed by atoms with Gasteiger partial charge in [-0.2, -0.15) is 0 Å². The molecule has 1 aromatic rings. The maximum absolute atomic E-state index is 5.44. The Labute approximate surface area is 84.8 Å². The number of hydrogen-bond acceptors (Lipinski definition) is 2. The molecule has 0 aromatic heterocycles. The molecule has 0 fully saturated rings. The lowest BCUT2D eigenvalue weighted by molar-refractivity contribution is 0.185. The van der Waals surface area contributed by atoms with Crippen molar-refractivity contribution in [1.29, 1.82) is 0 Å². The Balaban J connectivity index is 2.55. The third kappa shape index (κ3) is 1.27. The van der Waals surface area contributed by atoms with Crippen LogP contribution in [0.15, 0.2) is 24.6 Å². The molecule has 2 rings (SSSR count). The van der Waals surface area contributed by atoms with Crippen molar-refractivity contribution in [1.82, 2.24) is 0 Å². The lowest BCUT2D eigenvalue weighted by Gasteiger charge is -2.30. The van der Waals surface area contributed by atoms with Gasteiger partial charge in [0, 0.05) is 12.6 Å². The molecular formula is C12H15NO. The van der Waals surface area contributed by atoms with E-state index in [9.17, 15) is 0 Å². The van der Waals surface area contributed by atoms with E-state index in [2.05, 4.69) is 32.6 Å². The standard InChI is InChI=1S/C12H15NO/c1-8-5-11-7-14-10(3)13(4)12(11)6-9(8)2/h5-6H,3,7H2,1-2,4H3. The van der Waals surface area contributed by atoms with E-state index in [1.165, 1.54) is 22.4 Å². The van der Waals surface area contributed by atoms with Gasteiger partial charge in [-0.1, -0.05) is 6.07 Å². The molecule has 1 aliphatic rings. The van der Waals surface area contributed by atoms with E-state index >= 15 is 0 Å². The van der Waals surface area contributed by atoms with Crippen molar-refractivity contribution in [3.8, 4) is 0 Å². The summed E-state index contributed by atoms with van der Waals surface area (Å²) in [6.45, 7) is 8.74. The van der Waals surface area contributed by atoms with Crippen molar-refractivity contribution >= 4 is 5.69 Å². The number of fused-ring (bicyclic) bond motifs is 1. The monoisotopic (exact) mass is 189 g/mol. The van der Waals surface area contributed by atoms with Crippen LogP contribution in [0.5, 0.6) is 0 Å². The molecule has 0 aliphatic carbocycles. The fourth-order valence-electron chi connectivity index (χ4n) is 1.68. The van der Waals surface area contributed by atoms with Crippen molar-refractivity contribution in [3.63, 3.8) is 0 Å². The van der Waals surface area contributed by atoms with Crippen molar-refractivity contribution in [2.45, 2.75) is 20.5 Å². The summed E-state index contributed by atoms with van der Waals surface area (Å²) >= 11 is 0. The minimum absolute atomic E-state index is 0.639. The summed E-state index contributed by atoms with van der Waals surface area (Å²) < 4.78 is 5.44. The highest BCUT2D eigenvalue weighted by atomic mass is 16.5. The molecule has 74 valence electrons. The van der Waals surface area contributed by atoms with Gasteiger partial charge in [0.2, 0.25) is 0 Å². The molecule has 14 heavy (non-hydrogen) atoms. The third-order valence-corrected chi connectivity index (χ3v) is 2.82. The average molecular weight is 189 g/mol. The number of hydrogen-bond donors (Lipinski definition) is 0. The fraction of sp³-hybridized carbons (Fsp3) is 0.333. The van der Waals surface area contributed by atoms with Crippen LogP contribution in [0.4, 0.5) is 5.69 Å². The lowest BCUT2D eigenvalue weighted by atomic mass is 10.0. The molecule has 0 bridgehead atoms. The van der Waals surface area contributed by atoms with Crippen molar-refractivity contribution in [3.05, 3.63) is 41.3 Å². The predicted molar refractivity (Wildman–Crippen MR) is 58.2 cm³/mol. The molecule has 1 aliphatic heterocycles. The summed E-state index contributed by atoms with van der Waals surface area (Å²) in [4.78, 5) is 1.99. The first kappa shape index (κ1) is 9.13. The summed E-state index contributed by atoms with van der Waals surface area (Å²) in [7, 11) is 1.98. The fourth-order valence-corrected chi connectivity index (χ4v) is 1.68. The number of nitrogens with zero attached hydrogens (tertiary/aromatic N) is 1. The number of benzene rings is 1. The maximum Gasteiger partial charge on any atom is 0.186 e. The van der Waals surface area contributed by atoms with Crippen LogP contribution in [0.1, 0.15) is 16.7 Å². The topological polar surface area (TPSA) is 12.5 Å². The summed E-state index contributed by atoms with van der Waals surface area (Å²) in [6, 6.07) is 4.38. The molecular weight excluding hydrogens is 174 g/mol. The first-order chi connectivity index (χ1) is 6.59. The van der Waals surface area contributed by atoms with Gasteiger partial charge >= 0.3 is 0 Å². The Morgan fingerprint density at radius 1 is 1.29 bits per heavy atom. The van der Waals surface area contributed by atoms with Crippen LogP contribution in [0.25, 0.3) is 0 Å². The highest BCUT2D eigenvalue weighted by Crippen LogP contribution is 2.31. The Kier molecular flexibility index (Phi) is 1.99.